The molecule has 0 aliphatic rings. The minimum absolute atomic E-state index is 0.0492. The SMILES string of the molecule is CC(CO)(CO)NI. The van der Waals surface area contributed by atoms with Crippen LogP contribution in [0.4, 0.5) is 0 Å². The van der Waals surface area contributed by atoms with Gasteiger partial charge in [-0.2, -0.15) is 0 Å². The molecule has 0 aromatic rings. The van der Waals surface area contributed by atoms with Crippen molar-refractivity contribution < 1.29 is 10.2 Å². The summed E-state index contributed by atoms with van der Waals surface area (Å²) >= 11 is 1.90. The van der Waals surface area contributed by atoms with Gasteiger partial charge in [0.15, 0.2) is 0 Å². The molecule has 0 aromatic carbocycles. The second-order valence-corrected chi connectivity index (χ2v) is 2.51. The third-order valence-electron chi connectivity index (χ3n) is 0.926. The van der Waals surface area contributed by atoms with Gasteiger partial charge in [-0.1, -0.05) is 0 Å². The molecule has 0 aromatic heterocycles. The summed E-state index contributed by atoms with van der Waals surface area (Å²) in [5, 5.41) is 17.1. The summed E-state index contributed by atoms with van der Waals surface area (Å²) in [6.45, 7) is 1.64. The highest BCUT2D eigenvalue weighted by atomic mass is 127. The summed E-state index contributed by atoms with van der Waals surface area (Å²) in [5.74, 6) is 0. The predicted molar refractivity (Wildman–Crippen MR) is 39.7 cm³/mol. The van der Waals surface area contributed by atoms with Crippen LogP contribution in [0.2, 0.25) is 0 Å². The van der Waals surface area contributed by atoms with E-state index in [0.717, 1.165) is 0 Å². The van der Waals surface area contributed by atoms with Gasteiger partial charge < -0.3 is 10.2 Å². The number of aliphatic hydroxyl groups excluding tert-OH is 2. The fourth-order valence-corrected chi connectivity index (χ4v) is 0.451. The van der Waals surface area contributed by atoms with Crippen molar-refractivity contribution in [2.75, 3.05) is 13.2 Å². The van der Waals surface area contributed by atoms with E-state index in [1.807, 2.05) is 22.9 Å². The maximum absolute atomic E-state index is 8.56. The van der Waals surface area contributed by atoms with Gasteiger partial charge in [0.25, 0.3) is 0 Å². The number of aliphatic hydroxyl groups is 2. The Hall–Kier alpha value is 0.610. The smallest absolute Gasteiger partial charge is 0.0706 e. The van der Waals surface area contributed by atoms with E-state index in [9.17, 15) is 0 Å². The average molecular weight is 231 g/mol. The van der Waals surface area contributed by atoms with Crippen molar-refractivity contribution in [1.29, 1.82) is 0 Å². The van der Waals surface area contributed by atoms with Crippen LogP contribution in [0, 0.1) is 0 Å². The van der Waals surface area contributed by atoms with E-state index in [-0.39, 0.29) is 13.2 Å². The zero-order chi connectivity index (χ0) is 6.62. The Morgan fingerprint density at radius 2 is 1.88 bits per heavy atom. The first-order valence-electron chi connectivity index (χ1n) is 2.28. The van der Waals surface area contributed by atoms with Crippen molar-refractivity contribution in [1.82, 2.24) is 3.53 Å². The Morgan fingerprint density at radius 3 is 1.88 bits per heavy atom. The van der Waals surface area contributed by atoms with Crippen LogP contribution < -0.4 is 3.53 Å². The number of hydrogen-bond donors (Lipinski definition) is 3. The van der Waals surface area contributed by atoms with E-state index in [1.165, 1.54) is 0 Å². The van der Waals surface area contributed by atoms with Crippen molar-refractivity contribution >= 4 is 22.9 Å². The van der Waals surface area contributed by atoms with E-state index < -0.39 is 5.54 Å². The van der Waals surface area contributed by atoms with Crippen molar-refractivity contribution in [2.24, 2.45) is 0 Å². The van der Waals surface area contributed by atoms with Crippen LogP contribution >= 0.6 is 22.9 Å². The molecule has 3 nitrogen and oxygen atoms in total. The fraction of sp³-hybridized carbons (Fsp3) is 1.00. The molecule has 0 unspecified atom stereocenters. The average Bonchev–Trinajstić information content (AvgIpc) is 1.87. The molecule has 0 rings (SSSR count). The van der Waals surface area contributed by atoms with Gasteiger partial charge in [-0.3, -0.25) is 3.53 Å². The van der Waals surface area contributed by atoms with Crippen LogP contribution in [-0.4, -0.2) is 29.0 Å². The molecule has 0 atom stereocenters. The largest absolute Gasteiger partial charge is 0.394 e. The van der Waals surface area contributed by atoms with Gasteiger partial charge in [0.1, 0.15) is 0 Å². The van der Waals surface area contributed by atoms with E-state index in [0.29, 0.717) is 0 Å². The molecule has 0 bridgehead atoms. The maximum atomic E-state index is 8.56. The second kappa shape index (κ2) is 3.60. The normalized spacial score (nSPS) is 12.0. The molecule has 0 aliphatic heterocycles. The van der Waals surface area contributed by atoms with Gasteiger partial charge in [-0.15, -0.1) is 0 Å². The lowest BCUT2D eigenvalue weighted by molar-refractivity contribution is 0.127. The van der Waals surface area contributed by atoms with Crippen LogP contribution in [0.3, 0.4) is 0 Å². The third-order valence-corrected chi connectivity index (χ3v) is 2.23. The first kappa shape index (κ1) is 8.61. The Morgan fingerprint density at radius 1 is 1.50 bits per heavy atom. The molecule has 0 radical (unpaired) electrons. The Labute approximate surface area is 62.6 Å². The molecular weight excluding hydrogens is 221 g/mol. The summed E-state index contributed by atoms with van der Waals surface area (Å²) in [6, 6.07) is 0. The summed E-state index contributed by atoms with van der Waals surface area (Å²) < 4.78 is 2.75. The zero-order valence-corrected chi connectivity index (χ0v) is 6.84. The first-order valence-corrected chi connectivity index (χ1v) is 3.36. The van der Waals surface area contributed by atoms with Gasteiger partial charge in [0, 0.05) is 22.9 Å². The van der Waals surface area contributed by atoms with Crippen molar-refractivity contribution in [3.8, 4) is 0 Å². The van der Waals surface area contributed by atoms with E-state index in [2.05, 4.69) is 3.53 Å². The Balaban J connectivity index is 3.58. The standard InChI is InChI=1S/C4H10INO2/c1-4(2-7,3-8)6-5/h6-8H,2-3H2,1H3. The molecule has 0 aliphatic carbocycles. The number of hydrogen-bond acceptors (Lipinski definition) is 3. The molecule has 0 amide bonds. The molecule has 4 heteroatoms. The van der Waals surface area contributed by atoms with Gasteiger partial charge in [-0.25, -0.2) is 0 Å². The molecule has 0 saturated carbocycles. The summed E-state index contributed by atoms with van der Waals surface area (Å²) in [4.78, 5) is 0. The quantitative estimate of drug-likeness (QED) is 0.460. The van der Waals surface area contributed by atoms with Crippen LogP contribution in [0.25, 0.3) is 0 Å². The van der Waals surface area contributed by atoms with Crippen LogP contribution in [-0.2, 0) is 0 Å². The van der Waals surface area contributed by atoms with Crippen LogP contribution in [0.15, 0.2) is 0 Å². The summed E-state index contributed by atoms with van der Waals surface area (Å²) in [7, 11) is 0. The molecule has 50 valence electrons. The molecule has 0 fully saturated rings. The molecule has 0 spiro atoms. The van der Waals surface area contributed by atoms with Gasteiger partial charge in [0.05, 0.1) is 18.8 Å². The number of halogens is 1. The second-order valence-electron chi connectivity index (χ2n) is 1.97. The van der Waals surface area contributed by atoms with Crippen LogP contribution in [0.5, 0.6) is 0 Å². The molecule has 0 heterocycles. The van der Waals surface area contributed by atoms with Crippen molar-refractivity contribution in [3.63, 3.8) is 0 Å². The van der Waals surface area contributed by atoms with E-state index in [4.69, 9.17) is 10.2 Å². The van der Waals surface area contributed by atoms with Gasteiger partial charge in [-0.05, 0) is 6.92 Å². The third kappa shape index (κ3) is 2.25. The van der Waals surface area contributed by atoms with Crippen LogP contribution in [0.1, 0.15) is 6.92 Å². The lowest BCUT2D eigenvalue weighted by Gasteiger charge is -2.21. The molecule has 3 N–H and O–H groups in total. The number of rotatable bonds is 3. The Kier molecular flexibility index (Phi) is 3.87. The highest BCUT2D eigenvalue weighted by Gasteiger charge is 2.19. The highest BCUT2D eigenvalue weighted by Crippen LogP contribution is 2.01. The lowest BCUT2D eigenvalue weighted by atomic mass is 10.1. The highest BCUT2D eigenvalue weighted by molar-refractivity contribution is 14.1. The first-order chi connectivity index (χ1) is 3.68. The monoisotopic (exact) mass is 231 g/mol. The fourth-order valence-electron chi connectivity index (χ4n) is 0.110. The van der Waals surface area contributed by atoms with Crippen molar-refractivity contribution in [3.05, 3.63) is 0 Å². The maximum Gasteiger partial charge on any atom is 0.0706 e. The molecular formula is C4H10INO2. The minimum atomic E-state index is -0.527. The molecule has 8 heavy (non-hydrogen) atoms. The summed E-state index contributed by atoms with van der Waals surface area (Å²) in [5.41, 5.74) is -0.527. The van der Waals surface area contributed by atoms with E-state index in [1.54, 1.807) is 6.92 Å². The van der Waals surface area contributed by atoms with Gasteiger partial charge in [0.2, 0.25) is 0 Å². The molecule has 0 saturated heterocycles. The van der Waals surface area contributed by atoms with Gasteiger partial charge >= 0.3 is 0 Å². The topological polar surface area (TPSA) is 52.5 Å². The number of nitrogens with one attached hydrogen (secondary N) is 1. The zero-order valence-electron chi connectivity index (χ0n) is 4.69. The van der Waals surface area contributed by atoms with Crippen molar-refractivity contribution in [2.45, 2.75) is 12.5 Å². The van der Waals surface area contributed by atoms with E-state index >= 15 is 0 Å². The predicted octanol–water partition coefficient (Wildman–Crippen LogP) is -0.331. The minimum Gasteiger partial charge on any atom is -0.394 e. The summed E-state index contributed by atoms with van der Waals surface area (Å²) in [6.07, 6.45) is 0. The Bertz CT molecular complexity index is 56.8. The lowest BCUT2D eigenvalue weighted by Crippen LogP contribution is -2.43.